The maximum atomic E-state index is 12.2. The van der Waals surface area contributed by atoms with Gasteiger partial charge in [0.05, 0.1) is 11.8 Å². The molecule has 0 fully saturated rings. The van der Waals surface area contributed by atoms with Gasteiger partial charge in [0, 0.05) is 41.3 Å². The van der Waals surface area contributed by atoms with Gasteiger partial charge in [0.1, 0.15) is 17.8 Å². The van der Waals surface area contributed by atoms with E-state index in [4.69, 9.17) is 4.74 Å². The minimum atomic E-state index is -0.553. The van der Waals surface area contributed by atoms with Crippen LogP contribution in [-0.2, 0) is 17.7 Å². The van der Waals surface area contributed by atoms with Gasteiger partial charge in [0.2, 0.25) is 5.56 Å². The second-order valence-electron chi connectivity index (χ2n) is 8.55. The molecule has 0 unspecified atom stereocenters. The van der Waals surface area contributed by atoms with Gasteiger partial charge in [-0.15, -0.1) is 5.10 Å². The van der Waals surface area contributed by atoms with Gasteiger partial charge in [-0.2, -0.15) is 0 Å². The van der Waals surface area contributed by atoms with Crippen molar-refractivity contribution in [3.8, 4) is 11.8 Å². The standard InChI is InChI=1S/C25H23N5O3/c1-25(2,3)33-24(32)18-8-6-17(7-9-18)13-22-21-15-20(5-4-11-30-12-10-27-29-30)26-16-19(21)14-23(31)28-22/h6-10,12,14-16H,11,13H2,1-3H3,(H,28,31). The molecule has 0 amide bonds. The summed E-state index contributed by atoms with van der Waals surface area (Å²) in [7, 11) is 0. The Hall–Kier alpha value is -4.25. The number of esters is 1. The van der Waals surface area contributed by atoms with Crippen LogP contribution in [0.5, 0.6) is 0 Å². The highest BCUT2D eigenvalue weighted by atomic mass is 16.6. The lowest BCUT2D eigenvalue weighted by atomic mass is 10.0. The number of carbonyl (C=O) groups is 1. The molecule has 33 heavy (non-hydrogen) atoms. The van der Waals surface area contributed by atoms with Crippen LogP contribution in [0.4, 0.5) is 0 Å². The lowest BCUT2D eigenvalue weighted by Gasteiger charge is -2.19. The first-order chi connectivity index (χ1) is 15.8. The third kappa shape index (κ3) is 5.71. The topological polar surface area (TPSA) is 103 Å². The Balaban J connectivity index is 1.58. The fourth-order valence-electron chi connectivity index (χ4n) is 3.27. The van der Waals surface area contributed by atoms with E-state index in [0.717, 1.165) is 22.0 Å². The summed E-state index contributed by atoms with van der Waals surface area (Å²) in [4.78, 5) is 31.7. The SMILES string of the molecule is CC(C)(C)OC(=O)c1ccc(Cc2[nH]c(=O)cc3cnc(C#CCn4ccnn4)cc23)cc1. The van der Waals surface area contributed by atoms with Crippen LogP contribution in [0, 0.1) is 11.8 Å². The summed E-state index contributed by atoms with van der Waals surface area (Å²) in [6, 6.07) is 10.6. The molecule has 3 aromatic heterocycles. The first-order valence-electron chi connectivity index (χ1n) is 10.4. The molecular formula is C25H23N5O3. The Morgan fingerprint density at radius 2 is 1.97 bits per heavy atom. The third-order valence-electron chi connectivity index (χ3n) is 4.72. The first kappa shape index (κ1) is 22.0. The molecule has 0 saturated carbocycles. The second-order valence-corrected chi connectivity index (χ2v) is 8.55. The van der Waals surface area contributed by atoms with Gasteiger partial charge in [-0.05, 0) is 50.5 Å². The molecule has 4 rings (SSSR count). The molecule has 0 bridgehead atoms. The van der Waals surface area contributed by atoms with Crippen molar-refractivity contribution in [1.82, 2.24) is 25.0 Å². The number of carbonyl (C=O) groups excluding carboxylic acids is 1. The maximum Gasteiger partial charge on any atom is 0.338 e. The van der Waals surface area contributed by atoms with Gasteiger partial charge in [-0.25, -0.2) is 14.5 Å². The Labute approximate surface area is 190 Å². The predicted octanol–water partition coefficient (Wildman–Crippen LogP) is 3.11. The maximum absolute atomic E-state index is 12.2. The van der Waals surface area contributed by atoms with Crippen LogP contribution in [-0.4, -0.2) is 36.5 Å². The highest BCUT2D eigenvalue weighted by Crippen LogP contribution is 2.19. The third-order valence-corrected chi connectivity index (χ3v) is 4.72. The van der Waals surface area contributed by atoms with Crippen LogP contribution in [0.15, 0.2) is 59.8 Å². The molecule has 1 aromatic carbocycles. The Morgan fingerprint density at radius 1 is 1.18 bits per heavy atom. The molecule has 4 aromatic rings. The van der Waals surface area contributed by atoms with E-state index in [0.29, 0.717) is 24.2 Å². The lowest BCUT2D eigenvalue weighted by molar-refractivity contribution is 0.00695. The summed E-state index contributed by atoms with van der Waals surface area (Å²) >= 11 is 0. The number of H-pyrrole nitrogens is 1. The monoisotopic (exact) mass is 441 g/mol. The first-order valence-corrected chi connectivity index (χ1v) is 10.4. The molecule has 0 atom stereocenters. The molecule has 0 aliphatic rings. The number of nitrogens with zero attached hydrogens (tertiary/aromatic N) is 4. The zero-order chi connectivity index (χ0) is 23.4. The molecular weight excluding hydrogens is 418 g/mol. The number of aromatic nitrogens is 5. The van der Waals surface area contributed by atoms with Crippen molar-refractivity contribution in [2.45, 2.75) is 39.3 Å². The van der Waals surface area contributed by atoms with E-state index in [1.807, 2.05) is 39.0 Å². The van der Waals surface area contributed by atoms with E-state index >= 15 is 0 Å². The van der Waals surface area contributed by atoms with E-state index in [9.17, 15) is 9.59 Å². The van der Waals surface area contributed by atoms with Crippen molar-refractivity contribution in [2.24, 2.45) is 0 Å². The molecule has 166 valence electrons. The Bertz CT molecular complexity index is 1400. The number of hydrogen-bond donors (Lipinski definition) is 1. The fraction of sp³-hybridized carbons (Fsp3) is 0.240. The second kappa shape index (κ2) is 9.09. The van der Waals surface area contributed by atoms with Crippen LogP contribution in [0.1, 0.15) is 48.1 Å². The molecule has 8 nitrogen and oxygen atoms in total. The number of hydrogen-bond acceptors (Lipinski definition) is 6. The van der Waals surface area contributed by atoms with Crippen LogP contribution in [0.3, 0.4) is 0 Å². The van der Waals surface area contributed by atoms with Crippen molar-refractivity contribution in [3.63, 3.8) is 0 Å². The quantitative estimate of drug-likeness (QED) is 0.386. The molecule has 0 aliphatic heterocycles. The summed E-state index contributed by atoms with van der Waals surface area (Å²) in [5.41, 5.74) is 2.02. The van der Waals surface area contributed by atoms with E-state index in [2.05, 4.69) is 32.1 Å². The van der Waals surface area contributed by atoms with Gasteiger partial charge >= 0.3 is 5.97 Å². The number of rotatable bonds is 4. The number of benzene rings is 1. The summed E-state index contributed by atoms with van der Waals surface area (Å²) in [5, 5.41) is 9.23. The summed E-state index contributed by atoms with van der Waals surface area (Å²) in [6.07, 6.45) is 5.47. The minimum Gasteiger partial charge on any atom is -0.456 e. The largest absolute Gasteiger partial charge is 0.456 e. The molecule has 3 heterocycles. The number of nitrogens with one attached hydrogen (secondary N) is 1. The Kier molecular flexibility index (Phi) is 6.05. The molecule has 0 saturated heterocycles. The number of aromatic amines is 1. The zero-order valence-electron chi connectivity index (χ0n) is 18.6. The van der Waals surface area contributed by atoms with Crippen molar-refractivity contribution >= 4 is 16.7 Å². The highest BCUT2D eigenvalue weighted by molar-refractivity contribution is 5.89. The summed E-state index contributed by atoms with van der Waals surface area (Å²) < 4.78 is 7.03. The lowest BCUT2D eigenvalue weighted by Crippen LogP contribution is -2.23. The fourth-order valence-corrected chi connectivity index (χ4v) is 3.27. The van der Waals surface area contributed by atoms with Gasteiger partial charge < -0.3 is 9.72 Å². The van der Waals surface area contributed by atoms with E-state index < -0.39 is 5.60 Å². The van der Waals surface area contributed by atoms with E-state index in [1.165, 1.54) is 6.07 Å². The van der Waals surface area contributed by atoms with Gasteiger partial charge in [-0.1, -0.05) is 23.3 Å². The van der Waals surface area contributed by atoms with Crippen LogP contribution in [0.2, 0.25) is 0 Å². The molecule has 0 radical (unpaired) electrons. The molecule has 8 heteroatoms. The average Bonchev–Trinajstić information content (AvgIpc) is 3.27. The van der Waals surface area contributed by atoms with Crippen molar-refractivity contribution in [2.75, 3.05) is 0 Å². The van der Waals surface area contributed by atoms with Crippen molar-refractivity contribution in [3.05, 3.63) is 87.9 Å². The van der Waals surface area contributed by atoms with Crippen LogP contribution >= 0.6 is 0 Å². The summed E-state index contributed by atoms with van der Waals surface area (Å²) in [6.45, 7) is 5.90. The van der Waals surface area contributed by atoms with Gasteiger partial charge in [0.25, 0.3) is 0 Å². The smallest absolute Gasteiger partial charge is 0.338 e. The van der Waals surface area contributed by atoms with Crippen molar-refractivity contribution < 1.29 is 9.53 Å². The Morgan fingerprint density at radius 3 is 2.67 bits per heavy atom. The van der Waals surface area contributed by atoms with Crippen LogP contribution in [0.25, 0.3) is 10.8 Å². The molecule has 0 aliphatic carbocycles. The average molecular weight is 441 g/mol. The highest BCUT2D eigenvalue weighted by Gasteiger charge is 2.17. The summed E-state index contributed by atoms with van der Waals surface area (Å²) in [5.74, 6) is 5.67. The van der Waals surface area contributed by atoms with Gasteiger partial charge in [-0.3, -0.25) is 4.79 Å². The van der Waals surface area contributed by atoms with Crippen molar-refractivity contribution in [1.29, 1.82) is 0 Å². The number of pyridine rings is 2. The van der Waals surface area contributed by atoms with Gasteiger partial charge in [0.15, 0.2) is 0 Å². The molecule has 0 spiro atoms. The predicted molar refractivity (Wildman–Crippen MR) is 124 cm³/mol. The minimum absolute atomic E-state index is 0.199. The number of ether oxygens (including phenoxy) is 1. The molecule has 1 N–H and O–H groups in total. The van der Waals surface area contributed by atoms with E-state index in [-0.39, 0.29) is 11.5 Å². The number of fused-ring (bicyclic) bond motifs is 1. The zero-order valence-corrected chi connectivity index (χ0v) is 18.6. The normalized spacial score (nSPS) is 11.1. The van der Waals surface area contributed by atoms with E-state index in [1.54, 1.807) is 35.4 Å². The van der Waals surface area contributed by atoms with Crippen LogP contribution < -0.4 is 5.56 Å².